The van der Waals surface area contributed by atoms with Gasteiger partial charge in [-0.3, -0.25) is 4.79 Å². The third-order valence-electron chi connectivity index (χ3n) is 6.68. The molecule has 2 aliphatic rings. The minimum Gasteiger partial charge on any atom is -0.474 e. The summed E-state index contributed by atoms with van der Waals surface area (Å²) in [5.74, 6) is 0.809. The average Bonchev–Trinajstić information content (AvgIpc) is 3.58. The van der Waals surface area contributed by atoms with Crippen molar-refractivity contribution in [2.75, 3.05) is 19.7 Å². The molecule has 1 amide bonds. The van der Waals surface area contributed by atoms with Gasteiger partial charge in [0, 0.05) is 30.3 Å². The molecule has 2 aromatic heterocycles. The number of hydrogen-bond donors (Lipinski definition) is 1. The van der Waals surface area contributed by atoms with E-state index in [0.29, 0.717) is 30.0 Å². The Balaban J connectivity index is 1.45. The van der Waals surface area contributed by atoms with Crippen LogP contribution in [0.4, 0.5) is 0 Å². The van der Waals surface area contributed by atoms with E-state index >= 15 is 0 Å². The van der Waals surface area contributed by atoms with Crippen LogP contribution in [0.15, 0.2) is 35.0 Å². The standard InChI is InChI=1S/C25H25N5O4/c1-15(2)33-23-16(11-26)10-17(12-27-23)24-28-22(29-34-24)19-4-3-5-20-18(19)6-7-25(20)8-9-30(14-25)21(32)13-31/h3-5,10,12,15,31H,6-9,13-14H2,1-2H3. The highest BCUT2D eigenvalue weighted by atomic mass is 16.5. The zero-order valence-electron chi connectivity index (χ0n) is 19.1. The normalized spacial score (nSPS) is 19.0. The maximum absolute atomic E-state index is 12.0. The van der Waals surface area contributed by atoms with E-state index in [-0.39, 0.29) is 29.2 Å². The molecule has 9 nitrogen and oxygen atoms in total. The van der Waals surface area contributed by atoms with Gasteiger partial charge in [-0.2, -0.15) is 10.2 Å². The van der Waals surface area contributed by atoms with E-state index in [9.17, 15) is 15.2 Å². The fourth-order valence-corrected chi connectivity index (χ4v) is 5.09. The van der Waals surface area contributed by atoms with Gasteiger partial charge in [0.1, 0.15) is 18.2 Å². The largest absolute Gasteiger partial charge is 0.474 e. The van der Waals surface area contributed by atoms with Crippen molar-refractivity contribution in [3.8, 4) is 34.8 Å². The molecule has 0 bridgehead atoms. The number of fused-ring (bicyclic) bond motifs is 2. The van der Waals surface area contributed by atoms with Gasteiger partial charge < -0.3 is 19.3 Å². The number of hydrogen-bond acceptors (Lipinski definition) is 8. The molecular weight excluding hydrogens is 434 g/mol. The fourth-order valence-electron chi connectivity index (χ4n) is 5.09. The first kappa shape index (κ1) is 22.0. The lowest BCUT2D eigenvalue weighted by Crippen LogP contribution is -2.34. The molecule has 0 saturated carbocycles. The number of amides is 1. The second-order valence-electron chi connectivity index (χ2n) is 9.11. The highest BCUT2D eigenvalue weighted by Gasteiger charge is 2.46. The lowest BCUT2D eigenvalue weighted by Gasteiger charge is -2.25. The van der Waals surface area contributed by atoms with E-state index in [2.05, 4.69) is 27.3 Å². The zero-order chi connectivity index (χ0) is 23.9. The van der Waals surface area contributed by atoms with Crippen molar-refractivity contribution in [3.05, 3.63) is 47.2 Å². The summed E-state index contributed by atoms with van der Waals surface area (Å²) in [5.41, 5.74) is 4.05. The summed E-state index contributed by atoms with van der Waals surface area (Å²) in [5, 5.41) is 22.9. The minimum atomic E-state index is -0.457. The molecule has 1 atom stereocenters. The number of benzene rings is 1. The lowest BCUT2D eigenvalue weighted by atomic mass is 9.81. The van der Waals surface area contributed by atoms with Crippen LogP contribution in [0.25, 0.3) is 22.8 Å². The molecule has 5 rings (SSSR count). The van der Waals surface area contributed by atoms with E-state index in [4.69, 9.17) is 9.26 Å². The fraction of sp³-hybridized carbons (Fsp3) is 0.400. The molecule has 1 aliphatic carbocycles. The van der Waals surface area contributed by atoms with Gasteiger partial charge in [-0.25, -0.2) is 4.98 Å². The van der Waals surface area contributed by atoms with Gasteiger partial charge in [-0.1, -0.05) is 23.4 Å². The van der Waals surface area contributed by atoms with Crippen molar-refractivity contribution in [1.82, 2.24) is 20.0 Å². The first-order valence-corrected chi connectivity index (χ1v) is 11.4. The van der Waals surface area contributed by atoms with Gasteiger partial charge in [0.2, 0.25) is 17.6 Å². The van der Waals surface area contributed by atoms with Crippen molar-refractivity contribution < 1.29 is 19.2 Å². The van der Waals surface area contributed by atoms with E-state index in [0.717, 1.165) is 24.8 Å². The second kappa shape index (κ2) is 8.54. The summed E-state index contributed by atoms with van der Waals surface area (Å²) in [6, 6.07) is 9.83. The predicted molar refractivity (Wildman–Crippen MR) is 122 cm³/mol. The SMILES string of the molecule is CC(C)Oc1ncc(-c2nc(-c3cccc4c3CCC43CCN(C(=O)CO)C3)no2)cc1C#N. The van der Waals surface area contributed by atoms with Crippen LogP contribution in [0.3, 0.4) is 0 Å². The summed E-state index contributed by atoms with van der Waals surface area (Å²) in [6.07, 6.45) is 4.13. The topological polar surface area (TPSA) is 125 Å². The van der Waals surface area contributed by atoms with Gasteiger partial charge in [0.15, 0.2) is 0 Å². The van der Waals surface area contributed by atoms with E-state index in [1.807, 2.05) is 26.0 Å². The Bertz CT molecular complexity index is 1290. The first-order chi connectivity index (χ1) is 16.4. The molecule has 0 radical (unpaired) electrons. The molecule has 1 aliphatic heterocycles. The number of nitriles is 1. The molecule has 34 heavy (non-hydrogen) atoms. The smallest absolute Gasteiger partial charge is 0.259 e. The third-order valence-corrected chi connectivity index (χ3v) is 6.68. The Morgan fingerprint density at radius 1 is 1.38 bits per heavy atom. The van der Waals surface area contributed by atoms with Crippen LogP contribution < -0.4 is 4.74 Å². The third kappa shape index (κ3) is 3.70. The number of pyridine rings is 1. The van der Waals surface area contributed by atoms with E-state index in [1.165, 1.54) is 11.1 Å². The average molecular weight is 460 g/mol. The summed E-state index contributed by atoms with van der Waals surface area (Å²) < 4.78 is 11.1. The molecule has 9 heteroatoms. The Labute approximate surface area is 197 Å². The Kier molecular flexibility index (Phi) is 5.54. The lowest BCUT2D eigenvalue weighted by molar-refractivity contribution is -0.133. The second-order valence-corrected chi connectivity index (χ2v) is 9.11. The minimum absolute atomic E-state index is 0.0966. The highest BCUT2D eigenvalue weighted by Crippen LogP contribution is 2.48. The summed E-state index contributed by atoms with van der Waals surface area (Å²) in [4.78, 5) is 22.6. The van der Waals surface area contributed by atoms with Gasteiger partial charge in [0.25, 0.3) is 5.89 Å². The van der Waals surface area contributed by atoms with Crippen LogP contribution in [0.2, 0.25) is 0 Å². The Hall–Kier alpha value is -3.77. The monoisotopic (exact) mass is 459 g/mol. The van der Waals surface area contributed by atoms with Crippen LogP contribution in [-0.4, -0.2) is 56.8 Å². The van der Waals surface area contributed by atoms with Crippen molar-refractivity contribution in [2.24, 2.45) is 0 Å². The van der Waals surface area contributed by atoms with Crippen LogP contribution in [0, 0.1) is 11.3 Å². The molecule has 1 fully saturated rings. The predicted octanol–water partition coefficient (Wildman–Crippen LogP) is 2.87. The quantitative estimate of drug-likeness (QED) is 0.617. The number of nitrogens with zero attached hydrogens (tertiary/aromatic N) is 5. The van der Waals surface area contributed by atoms with Crippen LogP contribution in [-0.2, 0) is 16.6 Å². The number of aliphatic hydroxyl groups is 1. The summed E-state index contributed by atoms with van der Waals surface area (Å²) >= 11 is 0. The van der Waals surface area contributed by atoms with Gasteiger partial charge in [0.05, 0.1) is 11.7 Å². The maximum Gasteiger partial charge on any atom is 0.259 e. The van der Waals surface area contributed by atoms with Crippen molar-refractivity contribution in [1.29, 1.82) is 5.26 Å². The van der Waals surface area contributed by atoms with Gasteiger partial charge in [-0.05, 0) is 50.3 Å². The van der Waals surface area contributed by atoms with E-state index < -0.39 is 6.61 Å². The Morgan fingerprint density at radius 3 is 3.00 bits per heavy atom. The van der Waals surface area contributed by atoms with Gasteiger partial charge in [-0.15, -0.1) is 0 Å². The van der Waals surface area contributed by atoms with Crippen molar-refractivity contribution in [3.63, 3.8) is 0 Å². The molecule has 3 aromatic rings. The molecular formula is C25H25N5O4. The highest BCUT2D eigenvalue weighted by molar-refractivity contribution is 5.78. The molecule has 3 heterocycles. The van der Waals surface area contributed by atoms with Crippen LogP contribution >= 0.6 is 0 Å². The Morgan fingerprint density at radius 2 is 2.24 bits per heavy atom. The summed E-state index contributed by atoms with van der Waals surface area (Å²) in [6.45, 7) is 4.56. The van der Waals surface area contributed by atoms with Crippen LogP contribution in [0.1, 0.15) is 43.4 Å². The van der Waals surface area contributed by atoms with E-state index in [1.54, 1.807) is 17.2 Å². The van der Waals surface area contributed by atoms with Crippen molar-refractivity contribution >= 4 is 5.91 Å². The van der Waals surface area contributed by atoms with Gasteiger partial charge >= 0.3 is 0 Å². The number of carbonyl (C=O) groups excluding carboxylic acids is 1. The maximum atomic E-state index is 12.0. The number of rotatable bonds is 5. The molecule has 1 saturated heterocycles. The summed E-state index contributed by atoms with van der Waals surface area (Å²) in [7, 11) is 0. The number of aromatic nitrogens is 3. The molecule has 1 spiro atoms. The number of carbonyl (C=O) groups is 1. The van der Waals surface area contributed by atoms with Crippen molar-refractivity contribution in [2.45, 2.75) is 44.6 Å². The molecule has 1 unspecified atom stereocenters. The first-order valence-electron chi connectivity index (χ1n) is 11.4. The van der Waals surface area contributed by atoms with Crippen LogP contribution in [0.5, 0.6) is 5.88 Å². The number of likely N-dealkylation sites (tertiary alicyclic amines) is 1. The number of ether oxygens (including phenoxy) is 1. The number of aliphatic hydroxyl groups excluding tert-OH is 1. The molecule has 1 aromatic carbocycles. The molecule has 174 valence electrons. The molecule has 1 N–H and O–H groups in total. The zero-order valence-corrected chi connectivity index (χ0v) is 19.1.